The number of ether oxygens (including phenoxy) is 1. The Balaban J connectivity index is 1.79. The number of amides is 1. The molecule has 0 bridgehead atoms. The Morgan fingerprint density at radius 1 is 1.16 bits per heavy atom. The highest BCUT2D eigenvalue weighted by atomic mass is 19.1. The van der Waals surface area contributed by atoms with Crippen molar-refractivity contribution in [2.24, 2.45) is 0 Å². The van der Waals surface area contributed by atoms with Gasteiger partial charge in [-0.3, -0.25) is 4.90 Å². The van der Waals surface area contributed by atoms with E-state index >= 15 is 0 Å². The van der Waals surface area contributed by atoms with Crippen LogP contribution in [0.1, 0.15) is 12.5 Å². The molecule has 0 unspecified atom stereocenters. The minimum atomic E-state index is -0.633. The van der Waals surface area contributed by atoms with E-state index in [1.165, 1.54) is 13.1 Å². The minimum absolute atomic E-state index is 0.0104. The van der Waals surface area contributed by atoms with E-state index in [0.717, 1.165) is 4.90 Å². The SMILES string of the molecule is CCOC(=O)N(C)c1c(N)nc(-c2nn(Cc3ccccc3F)c3ncccc23)nc1N. The number of anilines is 3. The average molecular weight is 436 g/mol. The summed E-state index contributed by atoms with van der Waals surface area (Å²) in [6, 6.07) is 9.99. The average Bonchev–Trinajstić information content (AvgIpc) is 3.13. The summed E-state index contributed by atoms with van der Waals surface area (Å²) < 4.78 is 20.7. The van der Waals surface area contributed by atoms with Gasteiger partial charge in [0.2, 0.25) is 0 Å². The summed E-state index contributed by atoms with van der Waals surface area (Å²) >= 11 is 0. The van der Waals surface area contributed by atoms with Crippen LogP contribution in [0.4, 0.5) is 26.5 Å². The van der Waals surface area contributed by atoms with E-state index in [-0.39, 0.29) is 42.1 Å². The normalized spacial score (nSPS) is 11.0. The molecule has 164 valence electrons. The highest BCUT2D eigenvalue weighted by molar-refractivity contribution is 5.96. The summed E-state index contributed by atoms with van der Waals surface area (Å²) in [6.07, 6.45) is 0.984. The monoisotopic (exact) mass is 436 g/mol. The summed E-state index contributed by atoms with van der Waals surface area (Å²) in [4.78, 5) is 26.2. The van der Waals surface area contributed by atoms with Crippen molar-refractivity contribution in [3.8, 4) is 11.5 Å². The van der Waals surface area contributed by atoms with Crippen LogP contribution in [0.3, 0.4) is 0 Å². The number of hydrogen-bond donors (Lipinski definition) is 2. The Morgan fingerprint density at radius 2 is 1.88 bits per heavy atom. The van der Waals surface area contributed by atoms with Gasteiger partial charge in [-0.15, -0.1) is 0 Å². The lowest BCUT2D eigenvalue weighted by molar-refractivity contribution is 0.161. The predicted octanol–water partition coefficient (Wildman–Crippen LogP) is 2.83. The third kappa shape index (κ3) is 3.75. The number of benzene rings is 1. The summed E-state index contributed by atoms with van der Waals surface area (Å²) in [7, 11) is 1.46. The molecule has 0 aliphatic carbocycles. The number of carbonyl (C=O) groups excluding carboxylic acids is 1. The summed E-state index contributed by atoms with van der Waals surface area (Å²) in [6.45, 7) is 2.05. The molecule has 3 aromatic heterocycles. The lowest BCUT2D eigenvalue weighted by Crippen LogP contribution is -2.29. The molecular weight excluding hydrogens is 415 g/mol. The summed E-state index contributed by atoms with van der Waals surface area (Å²) in [5.74, 6) is -0.205. The van der Waals surface area contributed by atoms with Gasteiger partial charge >= 0.3 is 6.09 Å². The molecule has 0 saturated heterocycles. The van der Waals surface area contributed by atoms with Crippen LogP contribution in [0.25, 0.3) is 22.6 Å². The van der Waals surface area contributed by atoms with E-state index in [1.54, 1.807) is 48.1 Å². The molecule has 4 N–H and O–H groups in total. The molecule has 4 rings (SSSR count). The van der Waals surface area contributed by atoms with Gasteiger partial charge in [0.25, 0.3) is 0 Å². The second-order valence-corrected chi connectivity index (χ2v) is 6.90. The first-order valence-electron chi connectivity index (χ1n) is 9.79. The van der Waals surface area contributed by atoms with Gasteiger partial charge in [-0.1, -0.05) is 18.2 Å². The van der Waals surface area contributed by atoms with Crippen LogP contribution in [0, 0.1) is 5.82 Å². The van der Waals surface area contributed by atoms with Crippen LogP contribution < -0.4 is 16.4 Å². The number of aromatic nitrogens is 5. The van der Waals surface area contributed by atoms with Crippen molar-refractivity contribution in [3.05, 3.63) is 54.0 Å². The first-order chi connectivity index (χ1) is 15.4. The quantitative estimate of drug-likeness (QED) is 0.487. The second kappa shape index (κ2) is 8.46. The maximum Gasteiger partial charge on any atom is 0.414 e. The number of halogens is 1. The van der Waals surface area contributed by atoms with Crippen LogP contribution >= 0.6 is 0 Å². The largest absolute Gasteiger partial charge is 0.449 e. The number of nitrogens with two attached hydrogens (primary N) is 2. The molecule has 0 fully saturated rings. The third-order valence-corrected chi connectivity index (χ3v) is 4.81. The molecule has 1 amide bonds. The van der Waals surface area contributed by atoms with Crippen molar-refractivity contribution in [3.63, 3.8) is 0 Å². The Morgan fingerprint density at radius 3 is 2.56 bits per heavy atom. The predicted molar refractivity (Wildman–Crippen MR) is 118 cm³/mol. The second-order valence-electron chi connectivity index (χ2n) is 6.90. The van der Waals surface area contributed by atoms with Crippen molar-refractivity contribution in [2.75, 3.05) is 30.0 Å². The third-order valence-electron chi connectivity index (χ3n) is 4.81. The number of rotatable bonds is 5. The van der Waals surface area contributed by atoms with Gasteiger partial charge < -0.3 is 16.2 Å². The molecule has 0 radical (unpaired) electrons. The molecule has 4 aromatic rings. The summed E-state index contributed by atoms with van der Waals surface area (Å²) in [5.41, 5.74) is 13.7. The van der Waals surface area contributed by atoms with Crippen LogP contribution in [0.2, 0.25) is 0 Å². The summed E-state index contributed by atoms with van der Waals surface area (Å²) in [5, 5.41) is 5.21. The van der Waals surface area contributed by atoms with Crippen LogP contribution in [-0.4, -0.2) is 44.5 Å². The van der Waals surface area contributed by atoms with Gasteiger partial charge in [0.15, 0.2) is 23.1 Å². The van der Waals surface area contributed by atoms with Gasteiger partial charge in [-0.25, -0.2) is 28.8 Å². The Hall–Kier alpha value is -4.28. The number of nitrogens with zero attached hydrogens (tertiary/aromatic N) is 6. The van der Waals surface area contributed by atoms with Crippen molar-refractivity contribution < 1.29 is 13.9 Å². The Bertz CT molecular complexity index is 1280. The molecular formula is C21H21FN8O2. The zero-order valence-electron chi connectivity index (χ0n) is 17.5. The Kier molecular flexibility index (Phi) is 5.54. The van der Waals surface area contributed by atoms with Gasteiger partial charge in [0.05, 0.1) is 18.5 Å². The zero-order valence-corrected chi connectivity index (χ0v) is 17.5. The van der Waals surface area contributed by atoms with Crippen molar-refractivity contribution in [1.82, 2.24) is 24.7 Å². The maximum absolute atomic E-state index is 14.2. The minimum Gasteiger partial charge on any atom is -0.449 e. The molecule has 11 heteroatoms. The van der Waals surface area contributed by atoms with Crippen molar-refractivity contribution in [2.45, 2.75) is 13.5 Å². The number of hydrogen-bond acceptors (Lipinski definition) is 8. The fourth-order valence-corrected chi connectivity index (χ4v) is 3.32. The first kappa shape index (κ1) is 21.0. The maximum atomic E-state index is 14.2. The van der Waals surface area contributed by atoms with Crippen molar-refractivity contribution in [1.29, 1.82) is 0 Å². The van der Waals surface area contributed by atoms with Crippen molar-refractivity contribution >= 4 is 34.4 Å². The van der Waals surface area contributed by atoms with E-state index in [1.807, 2.05) is 0 Å². The number of carbonyl (C=O) groups is 1. The lowest BCUT2D eigenvalue weighted by Gasteiger charge is -2.19. The van der Waals surface area contributed by atoms with Crippen LogP contribution in [0.5, 0.6) is 0 Å². The number of fused-ring (bicyclic) bond motifs is 1. The molecule has 0 aliphatic heterocycles. The van der Waals surface area contributed by atoms with Crippen LogP contribution in [-0.2, 0) is 11.3 Å². The zero-order chi connectivity index (χ0) is 22.8. The van der Waals surface area contributed by atoms with E-state index in [0.29, 0.717) is 22.3 Å². The highest BCUT2D eigenvalue weighted by Gasteiger charge is 2.23. The smallest absolute Gasteiger partial charge is 0.414 e. The van der Waals surface area contributed by atoms with Gasteiger partial charge in [-0.05, 0) is 25.1 Å². The van der Waals surface area contributed by atoms with E-state index in [4.69, 9.17) is 16.2 Å². The standard InChI is InChI=1S/C21H21FN8O2/c1-3-32-21(31)29(2)16-17(23)26-19(27-18(16)24)15-13-8-6-10-25-20(13)30(28-15)11-12-7-4-5-9-14(12)22/h4-10H,3,11H2,1-2H3,(H4,23,24,26,27). The van der Waals surface area contributed by atoms with Crippen LogP contribution in [0.15, 0.2) is 42.6 Å². The number of nitrogen functional groups attached to an aromatic ring is 2. The first-order valence-corrected chi connectivity index (χ1v) is 9.79. The molecule has 0 atom stereocenters. The highest BCUT2D eigenvalue weighted by Crippen LogP contribution is 2.32. The number of pyridine rings is 1. The molecule has 1 aromatic carbocycles. The molecule has 0 spiro atoms. The molecule has 10 nitrogen and oxygen atoms in total. The molecule has 0 aliphatic rings. The fraction of sp³-hybridized carbons (Fsp3) is 0.190. The van der Waals surface area contributed by atoms with Gasteiger partial charge in [0.1, 0.15) is 17.2 Å². The van der Waals surface area contributed by atoms with E-state index in [9.17, 15) is 9.18 Å². The molecule has 32 heavy (non-hydrogen) atoms. The molecule has 0 saturated carbocycles. The lowest BCUT2D eigenvalue weighted by atomic mass is 10.2. The molecule has 3 heterocycles. The van der Waals surface area contributed by atoms with Gasteiger partial charge in [-0.2, -0.15) is 5.10 Å². The topological polar surface area (TPSA) is 138 Å². The Labute approximate surface area is 182 Å². The van der Waals surface area contributed by atoms with E-state index in [2.05, 4.69) is 20.1 Å². The van der Waals surface area contributed by atoms with E-state index < -0.39 is 6.09 Å². The van der Waals surface area contributed by atoms with Gasteiger partial charge in [0, 0.05) is 18.8 Å². The fourth-order valence-electron chi connectivity index (χ4n) is 3.32.